The third-order valence-electron chi connectivity index (χ3n) is 2.98. The molecule has 0 spiro atoms. The molecule has 0 fully saturated rings. The SMILES string of the molecule is Nc1c(O)c(O)c(O)c2c(=O)c3ccccc3sc12. The minimum absolute atomic E-state index is 0.0727. The fourth-order valence-corrected chi connectivity index (χ4v) is 3.15. The van der Waals surface area contributed by atoms with Crippen LogP contribution in [0.1, 0.15) is 0 Å². The number of hydrogen-bond acceptors (Lipinski definition) is 6. The average molecular weight is 275 g/mol. The van der Waals surface area contributed by atoms with Crippen molar-refractivity contribution in [2.45, 2.75) is 0 Å². The van der Waals surface area contributed by atoms with Gasteiger partial charge in [0.05, 0.1) is 15.8 Å². The summed E-state index contributed by atoms with van der Waals surface area (Å²) in [7, 11) is 0. The normalized spacial score (nSPS) is 11.2. The van der Waals surface area contributed by atoms with Gasteiger partial charge in [-0.25, -0.2) is 0 Å². The smallest absolute Gasteiger partial charge is 0.203 e. The van der Waals surface area contributed by atoms with Crippen LogP contribution >= 0.6 is 11.3 Å². The van der Waals surface area contributed by atoms with Gasteiger partial charge in [0.1, 0.15) is 0 Å². The van der Waals surface area contributed by atoms with Crippen molar-refractivity contribution in [2.75, 3.05) is 5.73 Å². The molecule has 1 heterocycles. The predicted octanol–water partition coefficient (Wildman–Crippen LogP) is 2.11. The second kappa shape index (κ2) is 3.76. The Balaban J connectivity index is 2.71. The molecule has 0 amide bonds. The van der Waals surface area contributed by atoms with E-state index in [2.05, 4.69) is 0 Å². The molecule has 0 aliphatic carbocycles. The fourth-order valence-electron chi connectivity index (χ4n) is 2.01. The first kappa shape index (κ1) is 11.6. The second-order valence-electron chi connectivity index (χ2n) is 4.09. The Morgan fingerprint density at radius 3 is 2.42 bits per heavy atom. The lowest BCUT2D eigenvalue weighted by atomic mass is 10.1. The van der Waals surface area contributed by atoms with Crippen molar-refractivity contribution in [2.24, 2.45) is 0 Å². The Hall–Kier alpha value is -2.47. The third-order valence-corrected chi connectivity index (χ3v) is 4.19. The molecule has 1 aromatic heterocycles. The topological polar surface area (TPSA) is 104 Å². The Labute approximate surface area is 110 Å². The first-order valence-corrected chi connectivity index (χ1v) is 6.22. The van der Waals surface area contributed by atoms with Crippen LogP contribution in [0, 0.1) is 0 Å². The fraction of sp³-hybridized carbons (Fsp3) is 0. The van der Waals surface area contributed by atoms with E-state index in [9.17, 15) is 20.1 Å². The van der Waals surface area contributed by atoms with Gasteiger partial charge in [0.2, 0.25) is 5.75 Å². The van der Waals surface area contributed by atoms with Gasteiger partial charge in [-0.05, 0) is 12.1 Å². The number of aromatic hydroxyl groups is 3. The molecule has 2 aromatic carbocycles. The molecule has 19 heavy (non-hydrogen) atoms. The molecule has 0 aliphatic rings. The maximum atomic E-state index is 12.3. The molecule has 0 saturated heterocycles. The average Bonchev–Trinajstić information content (AvgIpc) is 2.43. The molecule has 3 rings (SSSR count). The Morgan fingerprint density at radius 2 is 1.68 bits per heavy atom. The Morgan fingerprint density at radius 1 is 1.00 bits per heavy atom. The quantitative estimate of drug-likeness (QED) is 0.218. The molecule has 6 heteroatoms. The van der Waals surface area contributed by atoms with E-state index in [1.54, 1.807) is 24.3 Å². The minimum atomic E-state index is -0.774. The molecule has 3 aromatic rings. The van der Waals surface area contributed by atoms with Crippen LogP contribution in [0.15, 0.2) is 29.1 Å². The monoisotopic (exact) mass is 275 g/mol. The van der Waals surface area contributed by atoms with Crippen molar-refractivity contribution < 1.29 is 15.3 Å². The van der Waals surface area contributed by atoms with Gasteiger partial charge in [0.25, 0.3) is 0 Å². The number of rotatable bonds is 0. The summed E-state index contributed by atoms with van der Waals surface area (Å²) in [4.78, 5) is 12.3. The summed E-state index contributed by atoms with van der Waals surface area (Å²) in [6, 6.07) is 6.87. The van der Waals surface area contributed by atoms with E-state index < -0.39 is 22.7 Å². The number of nitrogens with two attached hydrogens (primary N) is 1. The van der Waals surface area contributed by atoms with Crippen LogP contribution in [0.2, 0.25) is 0 Å². The van der Waals surface area contributed by atoms with E-state index in [0.29, 0.717) is 10.1 Å². The van der Waals surface area contributed by atoms with Crippen LogP contribution in [0.4, 0.5) is 5.69 Å². The van der Waals surface area contributed by atoms with Gasteiger partial charge in [-0.1, -0.05) is 12.1 Å². The predicted molar refractivity (Wildman–Crippen MR) is 75.0 cm³/mol. The molecule has 5 N–H and O–H groups in total. The lowest BCUT2D eigenvalue weighted by Crippen LogP contribution is -2.03. The number of hydrogen-bond donors (Lipinski definition) is 4. The standard InChI is InChI=1S/C13H9NO4S/c14-8-11(17)12(18)10(16)7-9(15)5-3-1-2-4-6(5)19-13(7)8/h1-4,16-18H,14H2. The van der Waals surface area contributed by atoms with E-state index in [1.807, 2.05) is 0 Å². The largest absolute Gasteiger partial charge is 0.504 e. The first-order chi connectivity index (χ1) is 9.02. The van der Waals surface area contributed by atoms with Gasteiger partial charge in [-0.15, -0.1) is 11.3 Å². The second-order valence-corrected chi connectivity index (χ2v) is 5.14. The Kier molecular flexibility index (Phi) is 2.30. The van der Waals surface area contributed by atoms with Gasteiger partial charge in [0, 0.05) is 10.1 Å². The summed E-state index contributed by atoms with van der Waals surface area (Å²) < 4.78 is 0.952. The van der Waals surface area contributed by atoms with Crippen molar-refractivity contribution in [1.29, 1.82) is 0 Å². The molecule has 5 nitrogen and oxygen atoms in total. The lowest BCUT2D eigenvalue weighted by molar-refractivity contribution is 0.372. The van der Waals surface area contributed by atoms with Crippen LogP contribution in [0.25, 0.3) is 20.2 Å². The highest BCUT2D eigenvalue weighted by Crippen LogP contribution is 2.47. The molecule has 0 bridgehead atoms. The minimum Gasteiger partial charge on any atom is -0.504 e. The van der Waals surface area contributed by atoms with Gasteiger partial charge in [0.15, 0.2) is 16.9 Å². The van der Waals surface area contributed by atoms with Gasteiger partial charge < -0.3 is 21.1 Å². The zero-order valence-electron chi connectivity index (χ0n) is 9.54. The molecular formula is C13H9NO4S. The van der Waals surface area contributed by atoms with Gasteiger partial charge in [-0.2, -0.15) is 0 Å². The van der Waals surface area contributed by atoms with Crippen LogP contribution in [-0.2, 0) is 0 Å². The zero-order valence-corrected chi connectivity index (χ0v) is 10.4. The van der Waals surface area contributed by atoms with Gasteiger partial charge >= 0.3 is 0 Å². The Bertz CT molecular complexity index is 885. The molecule has 96 valence electrons. The molecule has 0 unspecified atom stereocenters. The molecule has 0 atom stereocenters. The first-order valence-electron chi connectivity index (χ1n) is 5.40. The number of anilines is 1. The lowest BCUT2D eigenvalue weighted by Gasteiger charge is -2.09. The summed E-state index contributed by atoms with van der Waals surface area (Å²) in [5.41, 5.74) is 5.16. The van der Waals surface area contributed by atoms with Crippen molar-refractivity contribution in [3.63, 3.8) is 0 Å². The van der Waals surface area contributed by atoms with E-state index in [-0.39, 0.29) is 15.8 Å². The molecule has 0 radical (unpaired) electrons. The van der Waals surface area contributed by atoms with Crippen LogP contribution < -0.4 is 11.2 Å². The highest BCUT2D eigenvalue weighted by Gasteiger charge is 2.20. The van der Waals surface area contributed by atoms with E-state index >= 15 is 0 Å². The van der Waals surface area contributed by atoms with E-state index in [4.69, 9.17) is 5.73 Å². The highest BCUT2D eigenvalue weighted by molar-refractivity contribution is 7.25. The van der Waals surface area contributed by atoms with Crippen molar-refractivity contribution in [3.8, 4) is 17.2 Å². The van der Waals surface area contributed by atoms with Crippen molar-refractivity contribution in [1.82, 2.24) is 0 Å². The number of benzene rings is 2. The maximum Gasteiger partial charge on any atom is 0.203 e. The molecular weight excluding hydrogens is 266 g/mol. The van der Waals surface area contributed by atoms with Crippen LogP contribution in [0.3, 0.4) is 0 Å². The van der Waals surface area contributed by atoms with Crippen molar-refractivity contribution in [3.05, 3.63) is 34.5 Å². The number of nitrogen functional groups attached to an aromatic ring is 1. The maximum absolute atomic E-state index is 12.3. The summed E-state index contributed by atoms with van der Waals surface area (Å²) in [6.07, 6.45) is 0. The number of phenols is 3. The van der Waals surface area contributed by atoms with Crippen LogP contribution in [-0.4, -0.2) is 15.3 Å². The summed E-state index contributed by atoms with van der Waals surface area (Å²) in [5, 5.41) is 29.4. The molecule has 0 saturated carbocycles. The summed E-state index contributed by atoms with van der Waals surface area (Å²) in [6.45, 7) is 0. The zero-order chi connectivity index (χ0) is 13.7. The summed E-state index contributed by atoms with van der Waals surface area (Å²) >= 11 is 1.17. The highest BCUT2D eigenvalue weighted by atomic mass is 32.1. The number of phenolic OH excluding ortho intramolecular Hbond substituents is 3. The van der Waals surface area contributed by atoms with Gasteiger partial charge in [-0.3, -0.25) is 4.79 Å². The van der Waals surface area contributed by atoms with Crippen molar-refractivity contribution >= 4 is 37.2 Å². The molecule has 0 aliphatic heterocycles. The van der Waals surface area contributed by atoms with E-state index in [0.717, 1.165) is 0 Å². The van der Waals surface area contributed by atoms with Crippen LogP contribution in [0.5, 0.6) is 17.2 Å². The third kappa shape index (κ3) is 1.43. The van der Waals surface area contributed by atoms with E-state index in [1.165, 1.54) is 11.3 Å². The number of fused-ring (bicyclic) bond motifs is 2. The summed E-state index contributed by atoms with van der Waals surface area (Å²) in [5.74, 6) is -2.03.